The van der Waals surface area contributed by atoms with Crippen LogP contribution in [-0.2, 0) is 0 Å². The zero-order valence-corrected chi connectivity index (χ0v) is 9.93. The molecule has 0 amide bonds. The molecule has 0 radical (unpaired) electrons. The van der Waals surface area contributed by atoms with E-state index >= 15 is 0 Å². The molecular weight excluding hydrogens is 202 g/mol. The van der Waals surface area contributed by atoms with Gasteiger partial charge in [0.2, 0.25) is 5.70 Å². The van der Waals surface area contributed by atoms with Crippen molar-refractivity contribution in [3.8, 4) is 0 Å². The van der Waals surface area contributed by atoms with E-state index in [0.717, 1.165) is 11.1 Å². The zero-order valence-electron chi connectivity index (χ0n) is 9.93. The number of nitrogens with zero attached hydrogens (tertiary/aromatic N) is 1. The molecule has 3 nitrogen and oxygen atoms in total. The van der Waals surface area contributed by atoms with Crippen LogP contribution in [0, 0.1) is 23.0 Å². The van der Waals surface area contributed by atoms with Crippen molar-refractivity contribution in [3.05, 3.63) is 51.2 Å². The Morgan fingerprint density at radius 2 is 2.06 bits per heavy atom. The summed E-state index contributed by atoms with van der Waals surface area (Å²) in [5.74, 6) is 0.292. The van der Waals surface area contributed by atoms with E-state index in [2.05, 4.69) is 0 Å². The first kappa shape index (κ1) is 12.4. The normalized spacial score (nSPS) is 11.9. The molecule has 0 spiro atoms. The number of nitro groups is 1. The van der Waals surface area contributed by atoms with Gasteiger partial charge in [0.05, 0.1) is 4.92 Å². The number of benzene rings is 1. The van der Waals surface area contributed by atoms with E-state index in [0.29, 0.717) is 12.3 Å². The van der Waals surface area contributed by atoms with Crippen LogP contribution in [0.3, 0.4) is 0 Å². The Labute approximate surface area is 95.9 Å². The lowest BCUT2D eigenvalue weighted by molar-refractivity contribution is -0.427. The van der Waals surface area contributed by atoms with Gasteiger partial charge >= 0.3 is 0 Å². The molecule has 1 aromatic carbocycles. The lowest BCUT2D eigenvalue weighted by Gasteiger charge is -2.03. The fourth-order valence-electron chi connectivity index (χ4n) is 1.53. The Kier molecular flexibility index (Phi) is 4.23. The highest BCUT2D eigenvalue weighted by molar-refractivity contribution is 5.54. The molecule has 3 heteroatoms. The summed E-state index contributed by atoms with van der Waals surface area (Å²) in [7, 11) is 0. The van der Waals surface area contributed by atoms with Gasteiger partial charge in [0, 0.05) is 12.5 Å². The minimum atomic E-state index is -0.285. The Morgan fingerprint density at radius 3 is 2.56 bits per heavy atom. The molecule has 0 saturated carbocycles. The minimum Gasteiger partial charge on any atom is -0.259 e. The second-order valence-corrected chi connectivity index (χ2v) is 4.35. The van der Waals surface area contributed by atoms with E-state index in [1.807, 2.05) is 45.0 Å². The summed E-state index contributed by atoms with van der Waals surface area (Å²) in [5.41, 5.74) is 2.27. The van der Waals surface area contributed by atoms with Crippen molar-refractivity contribution >= 4 is 6.08 Å². The number of hydrogen-bond donors (Lipinski definition) is 0. The summed E-state index contributed by atoms with van der Waals surface area (Å²) < 4.78 is 0. The van der Waals surface area contributed by atoms with E-state index in [1.54, 1.807) is 6.08 Å². The standard InChI is InChI=1S/C13H17NO2/c1-10(2)8-13(14(15)16)9-12-7-5-4-6-11(12)3/h4-7,9-10H,8H2,1-3H3. The molecule has 1 rings (SSSR count). The van der Waals surface area contributed by atoms with Gasteiger partial charge in [0.1, 0.15) is 0 Å². The smallest absolute Gasteiger partial charge is 0.247 e. The van der Waals surface area contributed by atoms with Crippen molar-refractivity contribution in [1.82, 2.24) is 0 Å². The van der Waals surface area contributed by atoms with Crippen LogP contribution in [0.15, 0.2) is 30.0 Å². The van der Waals surface area contributed by atoms with E-state index in [-0.39, 0.29) is 10.6 Å². The van der Waals surface area contributed by atoms with Crippen LogP contribution in [0.1, 0.15) is 31.4 Å². The van der Waals surface area contributed by atoms with Gasteiger partial charge < -0.3 is 0 Å². The van der Waals surface area contributed by atoms with E-state index in [1.165, 1.54) is 0 Å². The van der Waals surface area contributed by atoms with Gasteiger partial charge in [-0.1, -0.05) is 38.1 Å². The van der Waals surface area contributed by atoms with Crippen LogP contribution in [-0.4, -0.2) is 4.92 Å². The third kappa shape index (κ3) is 3.50. The first-order valence-corrected chi connectivity index (χ1v) is 5.41. The second-order valence-electron chi connectivity index (χ2n) is 4.35. The van der Waals surface area contributed by atoms with E-state index in [9.17, 15) is 10.1 Å². The summed E-state index contributed by atoms with van der Waals surface area (Å²) in [6, 6.07) is 7.69. The average Bonchev–Trinajstić information content (AvgIpc) is 2.19. The highest BCUT2D eigenvalue weighted by Crippen LogP contribution is 2.17. The lowest BCUT2D eigenvalue weighted by Crippen LogP contribution is -2.02. The molecular formula is C13H17NO2. The molecule has 0 aliphatic rings. The van der Waals surface area contributed by atoms with Crippen LogP contribution in [0.25, 0.3) is 6.08 Å². The summed E-state index contributed by atoms with van der Waals surface area (Å²) in [6.45, 7) is 5.92. The van der Waals surface area contributed by atoms with Crippen LogP contribution >= 0.6 is 0 Å². The molecule has 86 valence electrons. The maximum atomic E-state index is 10.9. The third-order valence-corrected chi connectivity index (χ3v) is 2.36. The summed E-state index contributed by atoms with van der Waals surface area (Å²) in [6.07, 6.45) is 2.18. The maximum Gasteiger partial charge on any atom is 0.247 e. The number of hydrogen-bond acceptors (Lipinski definition) is 2. The number of rotatable bonds is 4. The van der Waals surface area contributed by atoms with Crippen molar-refractivity contribution < 1.29 is 4.92 Å². The van der Waals surface area contributed by atoms with Crippen LogP contribution < -0.4 is 0 Å². The molecule has 1 aromatic rings. The fourth-order valence-corrected chi connectivity index (χ4v) is 1.53. The first-order chi connectivity index (χ1) is 7.50. The van der Waals surface area contributed by atoms with Gasteiger partial charge in [-0.2, -0.15) is 0 Å². The fraction of sp³-hybridized carbons (Fsp3) is 0.385. The number of aryl methyl sites for hydroxylation is 1. The van der Waals surface area contributed by atoms with Crippen molar-refractivity contribution in [3.63, 3.8) is 0 Å². The van der Waals surface area contributed by atoms with Gasteiger partial charge in [-0.25, -0.2) is 0 Å². The first-order valence-electron chi connectivity index (χ1n) is 5.41. The van der Waals surface area contributed by atoms with Gasteiger partial charge in [-0.05, 0) is 24.0 Å². The molecule has 0 aromatic heterocycles. The van der Waals surface area contributed by atoms with Crippen LogP contribution in [0.2, 0.25) is 0 Å². The van der Waals surface area contributed by atoms with Gasteiger partial charge in [0.25, 0.3) is 0 Å². The molecule has 0 fully saturated rings. The highest BCUT2D eigenvalue weighted by atomic mass is 16.6. The summed E-state index contributed by atoms with van der Waals surface area (Å²) in [4.78, 5) is 10.6. The largest absolute Gasteiger partial charge is 0.259 e. The van der Waals surface area contributed by atoms with Crippen molar-refractivity contribution in [2.75, 3.05) is 0 Å². The zero-order chi connectivity index (χ0) is 12.1. The summed E-state index contributed by atoms with van der Waals surface area (Å²) >= 11 is 0. The highest BCUT2D eigenvalue weighted by Gasteiger charge is 2.13. The average molecular weight is 219 g/mol. The molecule has 0 aliphatic carbocycles. The SMILES string of the molecule is Cc1ccccc1C=C(CC(C)C)[N+](=O)[O-]. The molecule has 0 unspecified atom stereocenters. The van der Waals surface area contributed by atoms with Crippen molar-refractivity contribution in [2.24, 2.45) is 5.92 Å². The van der Waals surface area contributed by atoms with Gasteiger partial charge in [-0.15, -0.1) is 0 Å². The Balaban J connectivity index is 3.03. The molecule has 0 bridgehead atoms. The molecule has 0 heterocycles. The quantitative estimate of drug-likeness (QED) is 0.573. The van der Waals surface area contributed by atoms with Gasteiger partial charge in [-0.3, -0.25) is 10.1 Å². The topological polar surface area (TPSA) is 43.1 Å². The number of allylic oxidation sites excluding steroid dienone is 1. The van der Waals surface area contributed by atoms with Gasteiger partial charge in [0.15, 0.2) is 0 Å². The van der Waals surface area contributed by atoms with Crippen LogP contribution in [0.5, 0.6) is 0 Å². The third-order valence-electron chi connectivity index (χ3n) is 2.36. The Morgan fingerprint density at radius 1 is 1.44 bits per heavy atom. The monoisotopic (exact) mass is 219 g/mol. The minimum absolute atomic E-state index is 0.282. The molecule has 16 heavy (non-hydrogen) atoms. The lowest BCUT2D eigenvalue weighted by atomic mass is 10.0. The second kappa shape index (κ2) is 5.45. The van der Waals surface area contributed by atoms with Crippen molar-refractivity contribution in [2.45, 2.75) is 27.2 Å². The maximum absolute atomic E-state index is 10.9. The van der Waals surface area contributed by atoms with Crippen LogP contribution in [0.4, 0.5) is 0 Å². The predicted octanol–water partition coefficient (Wildman–Crippen LogP) is 3.66. The predicted molar refractivity (Wildman–Crippen MR) is 65.6 cm³/mol. The molecule has 0 saturated heterocycles. The van der Waals surface area contributed by atoms with Crippen molar-refractivity contribution in [1.29, 1.82) is 0 Å². The Hall–Kier alpha value is -1.64. The molecule has 0 atom stereocenters. The molecule has 0 N–H and O–H groups in total. The summed E-state index contributed by atoms with van der Waals surface area (Å²) in [5, 5.41) is 10.9. The molecule has 0 aliphatic heterocycles. The Bertz CT molecular complexity index is 408. The van der Waals surface area contributed by atoms with E-state index in [4.69, 9.17) is 0 Å². The van der Waals surface area contributed by atoms with E-state index < -0.39 is 0 Å².